The second-order valence-electron chi connectivity index (χ2n) is 7.59. The zero-order chi connectivity index (χ0) is 18.1. The molecule has 0 radical (unpaired) electrons. The SMILES string of the molecule is CC(C)(C)C1(CC#N)CCN(Cc2cc(O)c(Br)cc2Cl)CC1F. The van der Waals surface area contributed by atoms with Crippen LogP contribution < -0.4 is 0 Å². The maximum Gasteiger partial charge on any atom is 0.130 e. The second-order valence-corrected chi connectivity index (χ2v) is 8.85. The minimum Gasteiger partial charge on any atom is -0.507 e. The van der Waals surface area contributed by atoms with Crippen LogP contribution in [0.1, 0.15) is 39.2 Å². The summed E-state index contributed by atoms with van der Waals surface area (Å²) in [6, 6.07) is 5.45. The average molecular weight is 418 g/mol. The van der Waals surface area contributed by atoms with E-state index in [-0.39, 0.29) is 24.1 Å². The number of benzene rings is 1. The molecule has 1 saturated heterocycles. The Morgan fingerprint density at radius 2 is 2.17 bits per heavy atom. The molecule has 132 valence electrons. The van der Waals surface area contributed by atoms with E-state index in [1.54, 1.807) is 12.1 Å². The Kier molecular flexibility index (Phi) is 5.84. The Morgan fingerprint density at radius 1 is 1.50 bits per heavy atom. The third-order valence-electron chi connectivity index (χ3n) is 5.29. The van der Waals surface area contributed by atoms with E-state index in [1.165, 1.54) is 0 Å². The predicted octanol–water partition coefficient (Wildman–Crippen LogP) is 5.30. The standard InChI is InChI=1S/C18H23BrClFN2O/c1-17(2,3)18(4-6-22)5-7-23(11-16(18)21)10-12-8-15(24)13(19)9-14(12)20/h8-9,16,24H,4-5,7,10-11H2,1-3H3. The number of alkyl halides is 1. The normalized spacial score (nSPS) is 25.5. The summed E-state index contributed by atoms with van der Waals surface area (Å²) in [5.41, 5.74) is -0.126. The van der Waals surface area contributed by atoms with Crippen LogP contribution >= 0.6 is 27.5 Å². The number of piperidine rings is 1. The smallest absolute Gasteiger partial charge is 0.130 e. The molecule has 1 aromatic carbocycles. The molecule has 24 heavy (non-hydrogen) atoms. The number of likely N-dealkylation sites (tertiary alicyclic amines) is 1. The van der Waals surface area contributed by atoms with E-state index in [1.807, 2.05) is 25.7 Å². The summed E-state index contributed by atoms with van der Waals surface area (Å²) < 4.78 is 15.6. The summed E-state index contributed by atoms with van der Waals surface area (Å²) in [7, 11) is 0. The third kappa shape index (κ3) is 3.71. The summed E-state index contributed by atoms with van der Waals surface area (Å²) in [6.07, 6.45) is -0.217. The second kappa shape index (κ2) is 7.19. The van der Waals surface area contributed by atoms with Gasteiger partial charge >= 0.3 is 0 Å². The molecule has 3 nitrogen and oxygen atoms in total. The zero-order valence-corrected chi connectivity index (χ0v) is 16.6. The van der Waals surface area contributed by atoms with Crippen LogP contribution in [0.25, 0.3) is 0 Å². The molecule has 0 spiro atoms. The quantitative estimate of drug-likeness (QED) is 0.726. The first kappa shape index (κ1) is 19.5. The van der Waals surface area contributed by atoms with Crippen molar-refractivity contribution in [1.29, 1.82) is 5.26 Å². The van der Waals surface area contributed by atoms with E-state index < -0.39 is 11.6 Å². The van der Waals surface area contributed by atoms with Gasteiger partial charge in [-0.05, 0) is 52.0 Å². The first-order chi connectivity index (χ1) is 11.1. The zero-order valence-electron chi connectivity index (χ0n) is 14.2. The molecule has 1 heterocycles. The molecule has 0 bridgehead atoms. The minimum atomic E-state index is -1.08. The van der Waals surface area contributed by atoms with Crippen LogP contribution in [0.5, 0.6) is 5.75 Å². The fraction of sp³-hybridized carbons (Fsp3) is 0.611. The van der Waals surface area contributed by atoms with Gasteiger partial charge in [-0.1, -0.05) is 32.4 Å². The van der Waals surface area contributed by atoms with Crippen LogP contribution in [0.2, 0.25) is 5.02 Å². The molecule has 0 aromatic heterocycles. The van der Waals surface area contributed by atoms with Crippen LogP contribution in [-0.4, -0.2) is 29.3 Å². The Labute approximate surface area is 156 Å². The van der Waals surface area contributed by atoms with Gasteiger partial charge in [-0.25, -0.2) is 4.39 Å². The van der Waals surface area contributed by atoms with Crippen molar-refractivity contribution in [1.82, 2.24) is 4.90 Å². The summed E-state index contributed by atoms with van der Waals surface area (Å²) >= 11 is 9.46. The van der Waals surface area contributed by atoms with Crippen molar-refractivity contribution in [2.24, 2.45) is 10.8 Å². The van der Waals surface area contributed by atoms with E-state index >= 15 is 4.39 Å². The molecule has 1 aliphatic heterocycles. The fourth-order valence-corrected chi connectivity index (χ4v) is 4.24. The fourth-order valence-electron chi connectivity index (χ4n) is 3.54. The van der Waals surface area contributed by atoms with Gasteiger partial charge in [0.25, 0.3) is 0 Å². The molecule has 1 aromatic rings. The highest BCUT2D eigenvalue weighted by molar-refractivity contribution is 9.10. The monoisotopic (exact) mass is 416 g/mol. The summed E-state index contributed by atoms with van der Waals surface area (Å²) in [5, 5.41) is 19.6. The molecule has 1 aliphatic rings. The first-order valence-electron chi connectivity index (χ1n) is 8.01. The molecule has 2 unspecified atom stereocenters. The molecular formula is C18H23BrClFN2O. The van der Waals surface area contributed by atoms with Gasteiger partial charge < -0.3 is 5.11 Å². The lowest BCUT2D eigenvalue weighted by Crippen LogP contribution is -2.54. The Bertz CT molecular complexity index is 656. The molecular weight excluding hydrogens is 395 g/mol. The lowest BCUT2D eigenvalue weighted by atomic mass is 9.59. The van der Waals surface area contributed by atoms with Gasteiger partial charge in [0, 0.05) is 29.9 Å². The van der Waals surface area contributed by atoms with Crippen molar-refractivity contribution in [3.63, 3.8) is 0 Å². The maximum absolute atomic E-state index is 15.1. The van der Waals surface area contributed by atoms with Crippen LogP contribution in [0.15, 0.2) is 16.6 Å². The molecule has 1 fully saturated rings. The Hall–Kier alpha value is -0.830. The van der Waals surface area contributed by atoms with Crippen LogP contribution in [0.3, 0.4) is 0 Å². The molecule has 0 saturated carbocycles. The van der Waals surface area contributed by atoms with Gasteiger partial charge in [0.1, 0.15) is 11.9 Å². The number of hydrogen-bond donors (Lipinski definition) is 1. The topological polar surface area (TPSA) is 47.3 Å². The van der Waals surface area contributed by atoms with Gasteiger partial charge in [-0.3, -0.25) is 4.90 Å². The van der Waals surface area contributed by atoms with E-state index in [0.29, 0.717) is 29.0 Å². The van der Waals surface area contributed by atoms with Crippen LogP contribution in [0, 0.1) is 22.2 Å². The van der Waals surface area contributed by atoms with Gasteiger partial charge in [0.15, 0.2) is 0 Å². The number of hydrogen-bond acceptors (Lipinski definition) is 3. The maximum atomic E-state index is 15.1. The number of nitrogens with zero attached hydrogens (tertiary/aromatic N) is 2. The average Bonchev–Trinajstić information content (AvgIpc) is 2.46. The summed E-state index contributed by atoms with van der Waals surface area (Å²) in [5.74, 6) is 0.122. The molecule has 1 N–H and O–H groups in total. The lowest BCUT2D eigenvalue weighted by Gasteiger charge is -2.51. The highest BCUT2D eigenvalue weighted by Gasteiger charge is 2.51. The van der Waals surface area contributed by atoms with Crippen LogP contribution in [-0.2, 0) is 6.54 Å². The Balaban J connectivity index is 2.16. The molecule has 0 aliphatic carbocycles. The number of aromatic hydroxyl groups is 1. The highest BCUT2D eigenvalue weighted by Crippen LogP contribution is 2.50. The molecule has 0 amide bonds. The number of rotatable bonds is 3. The van der Waals surface area contributed by atoms with E-state index in [2.05, 4.69) is 22.0 Å². The molecule has 2 rings (SSSR count). The van der Waals surface area contributed by atoms with Crippen molar-refractivity contribution in [2.75, 3.05) is 13.1 Å². The minimum absolute atomic E-state index is 0.122. The van der Waals surface area contributed by atoms with E-state index in [9.17, 15) is 10.4 Å². The number of phenols is 1. The Morgan fingerprint density at radius 3 is 2.71 bits per heavy atom. The summed E-state index contributed by atoms with van der Waals surface area (Å²) in [4.78, 5) is 2.00. The number of phenolic OH excluding ortho intramolecular Hbond substituents is 1. The molecule has 6 heteroatoms. The van der Waals surface area contributed by atoms with Crippen molar-refractivity contribution in [2.45, 2.75) is 46.3 Å². The van der Waals surface area contributed by atoms with Crippen molar-refractivity contribution in [3.8, 4) is 11.8 Å². The van der Waals surface area contributed by atoms with Crippen molar-refractivity contribution < 1.29 is 9.50 Å². The van der Waals surface area contributed by atoms with Gasteiger partial charge in [0.2, 0.25) is 0 Å². The van der Waals surface area contributed by atoms with Gasteiger partial charge in [-0.2, -0.15) is 5.26 Å². The lowest BCUT2D eigenvalue weighted by molar-refractivity contribution is -0.0660. The highest BCUT2D eigenvalue weighted by atomic mass is 79.9. The van der Waals surface area contributed by atoms with Crippen molar-refractivity contribution >= 4 is 27.5 Å². The van der Waals surface area contributed by atoms with E-state index in [0.717, 1.165) is 5.56 Å². The van der Waals surface area contributed by atoms with Crippen LogP contribution in [0.4, 0.5) is 4.39 Å². The van der Waals surface area contributed by atoms with Gasteiger partial charge in [0.05, 0.1) is 10.5 Å². The predicted molar refractivity (Wildman–Crippen MR) is 97.7 cm³/mol. The number of nitriles is 1. The number of halogens is 3. The van der Waals surface area contributed by atoms with Gasteiger partial charge in [-0.15, -0.1) is 0 Å². The third-order valence-corrected chi connectivity index (χ3v) is 6.28. The van der Waals surface area contributed by atoms with E-state index in [4.69, 9.17) is 11.6 Å². The van der Waals surface area contributed by atoms with Crippen molar-refractivity contribution in [3.05, 3.63) is 27.2 Å². The summed E-state index contributed by atoms with van der Waals surface area (Å²) in [6.45, 7) is 7.48. The first-order valence-corrected chi connectivity index (χ1v) is 9.18. The largest absolute Gasteiger partial charge is 0.507 e. The molecule has 2 atom stereocenters.